The topological polar surface area (TPSA) is 55.9 Å². The number of nitrogens with two attached hydrogens (primary N) is 1. The van der Waals surface area contributed by atoms with Crippen molar-refractivity contribution in [3.63, 3.8) is 0 Å². The molecule has 1 aromatic rings. The van der Waals surface area contributed by atoms with E-state index in [1.165, 1.54) is 0 Å². The molecule has 1 unspecified atom stereocenters. The van der Waals surface area contributed by atoms with E-state index in [0.717, 1.165) is 35.7 Å². The molecule has 0 aromatic carbocycles. The maximum atomic E-state index is 6.25. The molecule has 0 bridgehead atoms. The van der Waals surface area contributed by atoms with E-state index in [0.29, 0.717) is 5.92 Å². The van der Waals surface area contributed by atoms with Crippen LogP contribution in [-0.2, 0) is 13.5 Å². The summed E-state index contributed by atoms with van der Waals surface area (Å²) in [7, 11) is 1.93. The molecule has 0 radical (unpaired) electrons. The number of hydrogen-bond acceptors (Lipinski definition) is 3. The number of aromatic nitrogens is 2. The summed E-state index contributed by atoms with van der Waals surface area (Å²) in [5.74, 6) is 6.22. The van der Waals surface area contributed by atoms with Crippen LogP contribution >= 0.6 is 11.6 Å². The number of hydrazine groups is 1. The van der Waals surface area contributed by atoms with Crippen LogP contribution in [0.15, 0.2) is 0 Å². The standard InChI is InChI=1S/C12H23ClN4/c1-5-9(6-2)10(15-14)7-11-12(13)8(3)16-17(11)4/h9-10,15H,5-7,14H2,1-4H3. The van der Waals surface area contributed by atoms with Gasteiger partial charge in [0.1, 0.15) is 0 Å². The zero-order valence-corrected chi connectivity index (χ0v) is 11.9. The Kier molecular flexibility index (Phi) is 5.43. The van der Waals surface area contributed by atoms with Crippen molar-refractivity contribution in [1.29, 1.82) is 0 Å². The van der Waals surface area contributed by atoms with Crippen molar-refractivity contribution in [2.75, 3.05) is 0 Å². The van der Waals surface area contributed by atoms with Gasteiger partial charge in [-0.1, -0.05) is 38.3 Å². The van der Waals surface area contributed by atoms with Gasteiger partial charge in [0.05, 0.1) is 16.4 Å². The van der Waals surface area contributed by atoms with E-state index in [4.69, 9.17) is 17.4 Å². The number of halogens is 1. The summed E-state index contributed by atoms with van der Waals surface area (Å²) in [4.78, 5) is 0. The Labute approximate surface area is 108 Å². The third kappa shape index (κ3) is 3.21. The van der Waals surface area contributed by atoms with Gasteiger partial charge in [0.2, 0.25) is 0 Å². The fraction of sp³-hybridized carbons (Fsp3) is 0.750. The van der Waals surface area contributed by atoms with E-state index in [1.54, 1.807) is 0 Å². The maximum absolute atomic E-state index is 6.25. The first-order chi connectivity index (χ1) is 8.04. The summed E-state index contributed by atoms with van der Waals surface area (Å²) in [6.45, 7) is 6.30. The quantitative estimate of drug-likeness (QED) is 0.608. The minimum absolute atomic E-state index is 0.247. The van der Waals surface area contributed by atoms with Gasteiger partial charge in [-0.25, -0.2) is 0 Å². The van der Waals surface area contributed by atoms with Gasteiger partial charge >= 0.3 is 0 Å². The second kappa shape index (κ2) is 6.38. The van der Waals surface area contributed by atoms with E-state index in [9.17, 15) is 0 Å². The molecule has 98 valence electrons. The van der Waals surface area contributed by atoms with Gasteiger partial charge in [-0.05, 0) is 12.8 Å². The highest BCUT2D eigenvalue weighted by molar-refractivity contribution is 6.31. The number of aryl methyl sites for hydroxylation is 2. The molecule has 17 heavy (non-hydrogen) atoms. The highest BCUT2D eigenvalue weighted by Crippen LogP contribution is 2.24. The van der Waals surface area contributed by atoms with Gasteiger partial charge in [0.25, 0.3) is 0 Å². The molecule has 1 rings (SSSR count). The summed E-state index contributed by atoms with van der Waals surface area (Å²) in [5, 5.41) is 5.09. The molecule has 1 heterocycles. The van der Waals surface area contributed by atoms with Crippen molar-refractivity contribution in [3.8, 4) is 0 Å². The Morgan fingerprint density at radius 3 is 2.35 bits per heavy atom. The lowest BCUT2D eigenvalue weighted by Gasteiger charge is -2.24. The average molecular weight is 259 g/mol. The molecular formula is C12H23ClN4. The van der Waals surface area contributed by atoms with E-state index in [1.807, 2.05) is 18.7 Å². The SMILES string of the molecule is CCC(CC)C(Cc1c(Cl)c(C)nn1C)NN. The third-order valence-electron chi connectivity index (χ3n) is 3.51. The molecule has 3 N–H and O–H groups in total. The van der Waals surface area contributed by atoms with Crippen LogP contribution in [-0.4, -0.2) is 15.8 Å². The van der Waals surface area contributed by atoms with Gasteiger partial charge in [-0.2, -0.15) is 5.10 Å². The maximum Gasteiger partial charge on any atom is 0.0847 e. The van der Waals surface area contributed by atoms with Crippen LogP contribution in [0.4, 0.5) is 0 Å². The van der Waals surface area contributed by atoms with Crippen molar-refractivity contribution < 1.29 is 0 Å². The molecule has 1 atom stereocenters. The summed E-state index contributed by atoms with van der Waals surface area (Å²) < 4.78 is 1.85. The first-order valence-corrected chi connectivity index (χ1v) is 6.56. The van der Waals surface area contributed by atoms with E-state index < -0.39 is 0 Å². The average Bonchev–Trinajstić information content (AvgIpc) is 2.55. The van der Waals surface area contributed by atoms with Gasteiger partial charge in [0, 0.05) is 19.5 Å². The molecule has 0 fully saturated rings. The molecule has 0 aliphatic carbocycles. The number of rotatable bonds is 6. The van der Waals surface area contributed by atoms with Crippen LogP contribution in [0, 0.1) is 12.8 Å². The molecule has 0 saturated carbocycles. The zero-order valence-electron chi connectivity index (χ0n) is 11.1. The fourth-order valence-corrected chi connectivity index (χ4v) is 2.57. The van der Waals surface area contributed by atoms with E-state index in [2.05, 4.69) is 24.4 Å². The Morgan fingerprint density at radius 1 is 1.41 bits per heavy atom. The number of nitrogens with one attached hydrogen (secondary N) is 1. The number of nitrogens with zero attached hydrogens (tertiary/aromatic N) is 2. The first-order valence-electron chi connectivity index (χ1n) is 6.19. The first kappa shape index (κ1) is 14.5. The van der Waals surface area contributed by atoms with E-state index in [-0.39, 0.29) is 6.04 Å². The largest absolute Gasteiger partial charge is 0.271 e. The Hall–Kier alpha value is -0.580. The molecule has 0 aliphatic rings. The minimum atomic E-state index is 0.247. The van der Waals surface area contributed by atoms with Crippen molar-refractivity contribution >= 4 is 11.6 Å². The molecular weight excluding hydrogens is 236 g/mol. The monoisotopic (exact) mass is 258 g/mol. The van der Waals surface area contributed by atoms with Gasteiger partial charge in [0.15, 0.2) is 0 Å². The molecule has 5 heteroatoms. The zero-order chi connectivity index (χ0) is 13.0. The van der Waals surface area contributed by atoms with Crippen LogP contribution in [0.2, 0.25) is 5.02 Å². The molecule has 0 spiro atoms. The normalized spacial score (nSPS) is 13.4. The molecule has 0 amide bonds. The Morgan fingerprint density at radius 2 is 2.00 bits per heavy atom. The van der Waals surface area contributed by atoms with Crippen LogP contribution in [0.25, 0.3) is 0 Å². The molecule has 4 nitrogen and oxygen atoms in total. The van der Waals surface area contributed by atoms with Crippen LogP contribution in [0.1, 0.15) is 38.1 Å². The second-order valence-corrected chi connectivity index (χ2v) is 4.90. The van der Waals surface area contributed by atoms with Crippen molar-refractivity contribution in [2.24, 2.45) is 18.8 Å². The van der Waals surface area contributed by atoms with Crippen molar-refractivity contribution in [3.05, 3.63) is 16.4 Å². The summed E-state index contributed by atoms with van der Waals surface area (Å²) >= 11 is 6.25. The highest BCUT2D eigenvalue weighted by atomic mass is 35.5. The van der Waals surface area contributed by atoms with Crippen molar-refractivity contribution in [2.45, 2.75) is 46.1 Å². The predicted octanol–water partition coefficient (Wildman–Crippen LogP) is 2.19. The van der Waals surface area contributed by atoms with Crippen LogP contribution in [0.5, 0.6) is 0 Å². The number of hydrogen-bond donors (Lipinski definition) is 2. The predicted molar refractivity (Wildman–Crippen MR) is 71.8 cm³/mol. The lowest BCUT2D eigenvalue weighted by Crippen LogP contribution is -2.42. The molecule has 0 aliphatic heterocycles. The van der Waals surface area contributed by atoms with E-state index >= 15 is 0 Å². The smallest absolute Gasteiger partial charge is 0.0847 e. The molecule has 1 aromatic heterocycles. The Bertz CT molecular complexity index is 358. The fourth-order valence-electron chi connectivity index (χ4n) is 2.33. The third-order valence-corrected chi connectivity index (χ3v) is 4.00. The summed E-state index contributed by atoms with van der Waals surface area (Å²) in [6, 6.07) is 0.247. The van der Waals surface area contributed by atoms with Crippen LogP contribution < -0.4 is 11.3 Å². The van der Waals surface area contributed by atoms with Crippen LogP contribution in [0.3, 0.4) is 0 Å². The lowest BCUT2D eigenvalue weighted by atomic mass is 9.91. The minimum Gasteiger partial charge on any atom is -0.271 e. The van der Waals surface area contributed by atoms with Gasteiger partial charge < -0.3 is 0 Å². The van der Waals surface area contributed by atoms with Gasteiger partial charge in [-0.15, -0.1) is 0 Å². The summed E-state index contributed by atoms with van der Waals surface area (Å²) in [5.41, 5.74) is 4.85. The lowest BCUT2D eigenvalue weighted by molar-refractivity contribution is 0.331. The highest BCUT2D eigenvalue weighted by Gasteiger charge is 2.21. The summed E-state index contributed by atoms with van der Waals surface area (Å²) in [6.07, 6.45) is 3.04. The Balaban J connectivity index is 2.87. The second-order valence-electron chi connectivity index (χ2n) is 4.52. The van der Waals surface area contributed by atoms with Crippen molar-refractivity contribution in [1.82, 2.24) is 15.2 Å². The van der Waals surface area contributed by atoms with Gasteiger partial charge in [-0.3, -0.25) is 16.0 Å². The molecule has 0 saturated heterocycles.